The monoisotopic (exact) mass is 437 g/mol. The molecule has 0 aliphatic rings. The fraction of sp³-hybridized carbons (Fsp3) is 0.0741. The average Bonchev–Trinajstić information content (AvgIpc) is 2.84. The van der Waals surface area contributed by atoms with Crippen molar-refractivity contribution in [3.8, 4) is 17.2 Å². The van der Waals surface area contributed by atoms with Crippen molar-refractivity contribution in [1.29, 1.82) is 0 Å². The maximum atomic E-state index is 10.6. The molecule has 6 heteroatoms. The van der Waals surface area contributed by atoms with Crippen LogP contribution in [0.2, 0.25) is 0 Å². The second-order valence-corrected chi connectivity index (χ2v) is 7.38. The number of phenolic OH excluding ortho intramolecular Hbond substituents is 3. The highest BCUT2D eigenvalue weighted by molar-refractivity contribution is 5.84. The molecule has 0 saturated heterocycles. The maximum Gasteiger partial charge on any atom is 0.124 e. The first-order valence-corrected chi connectivity index (χ1v) is 10.4. The number of para-hydroxylation sites is 3. The van der Waals surface area contributed by atoms with Gasteiger partial charge in [-0.25, -0.2) is 0 Å². The van der Waals surface area contributed by atoms with Crippen molar-refractivity contribution >= 4 is 12.4 Å². The predicted octanol–water partition coefficient (Wildman–Crippen LogP) is 5.22. The Morgan fingerprint density at radius 1 is 0.576 bits per heavy atom. The number of phenols is 3. The molecule has 0 amide bonds. The van der Waals surface area contributed by atoms with E-state index in [2.05, 4.69) is 4.98 Å². The van der Waals surface area contributed by atoms with Crippen molar-refractivity contribution in [1.82, 2.24) is 4.98 Å². The summed E-state index contributed by atoms with van der Waals surface area (Å²) in [5.74, 6) is 0.290. The zero-order chi connectivity index (χ0) is 23.0. The Hall–Kier alpha value is -4.45. The Morgan fingerprint density at radius 3 is 1.64 bits per heavy atom. The molecule has 1 heterocycles. The molecule has 0 spiro atoms. The van der Waals surface area contributed by atoms with Crippen molar-refractivity contribution in [2.24, 2.45) is 9.98 Å². The van der Waals surface area contributed by atoms with E-state index in [-0.39, 0.29) is 17.2 Å². The van der Waals surface area contributed by atoms with Gasteiger partial charge in [0.1, 0.15) is 29.3 Å². The van der Waals surface area contributed by atoms with Crippen molar-refractivity contribution in [2.75, 3.05) is 0 Å². The summed E-state index contributed by atoms with van der Waals surface area (Å²) in [4.78, 5) is 14.0. The van der Waals surface area contributed by atoms with Crippen LogP contribution in [0.5, 0.6) is 17.2 Å². The number of aliphatic imine (C=N–C) groups is 2. The van der Waals surface area contributed by atoms with Gasteiger partial charge in [0, 0.05) is 35.3 Å². The normalized spacial score (nSPS) is 13.3. The summed E-state index contributed by atoms with van der Waals surface area (Å²) in [7, 11) is 0. The average molecular weight is 437 g/mol. The van der Waals surface area contributed by atoms with Gasteiger partial charge in [0.25, 0.3) is 0 Å². The van der Waals surface area contributed by atoms with Crippen LogP contribution in [0, 0.1) is 0 Å². The molecule has 0 radical (unpaired) electrons. The topological polar surface area (TPSA) is 98.3 Å². The van der Waals surface area contributed by atoms with Crippen molar-refractivity contribution in [3.05, 3.63) is 120 Å². The Kier molecular flexibility index (Phi) is 6.75. The van der Waals surface area contributed by atoms with Crippen molar-refractivity contribution in [2.45, 2.75) is 12.1 Å². The minimum Gasteiger partial charge on any atom is -0.508 e. The molecule has 4 rings (SSSR count). The molecular formula is C27H23N3O3. The largest absolute Gasteiger partial charge is 0.508 e. The number of benzene rings is 3. The minimum absolute atomic E-state index is 0.0793. The van der Waals surface area contributed by atoms with E-state index in [0.717, 1.165) is 0 Å². The van der Waals surface area contributed by atoms with Crippen LogP contribution in [-0.2, 0) is 0 Å². The molecule has 3 N–H and O–H groups in total. The molecule has 164 valence electrons. The molecule has 0 saturated carbocycles. The zero-order valence-corrected chi connectivity index (χ0v) is 17.7. The molecule has 0 aliphatic heterocycles. The van der Waals surface area contributed by atoms with E-state index in [1.165, 1.54) is 0 Å². The Labute approximate surface area is 191 Å². The molecule has 0 aliphatic carbocycles. The van der Waals surface area contributed by atoms with Gasteiger partial charge in [0.2, 0.25) is 0 Å². The van der Waals surface area contributed by atoms with Crippen LogP contribution in [-0.4, -0.2) is 32.7 Å². The number of aromatic hydroxyl groups is 3. The molecule has 2 atom stereocenters. The van der Waals surface area contributed by atoms with E-state index in [0.29, 0.717) is 22.4 Å². The lowest BCUT2D eigenvalue weighted by Crippen LogP contribution is -2.11. The van der Waals surface area contributed by atoms with E-state index in [4.69, 9.17) is 9.98 Å². The number of rotatable bonds is 7. The molecule has 6 nitrogen and oxygen atoms in total. The summed E-state index contributed by atoms with van der Waals surface area (Å²) in [6, 6.07) is 25.0. The van der Waals surface area contributed by atoms with E-state index >= 15 is 0 Å². The van der Waals surface area contributed by atoms with E-state index < -0.39 is 12.1 Å². The van der Waals surface area contributed by atoms with Gasteiger partial charge >= 0.3 is 0 Å². The van der Waals surface area contributed by atoms with Crippen LogP contribution in [0.4, 0.5) is 0 Å². The fourth-order valence-electron chi connectivity index (χ4n) is 3.45. The van der Waals surface area contributed by atoms with Gasteiger partial charge in [0.05, 0.1) is 5.69 Å². The Balaban J connectivity index is 1.83. The van der Waals surface area contributed by atoms with Gasteiger partial charge in [-0.1, -0.05) is 48.5 Å². The molecule has 0 bridgehead atoms. The van der Waals surface area contributed by atoms with Crippen molar-refractivity contribution < 1.29 is 15.3 Å². The molecule has 1 aromatic heterocycles. The quantitative estimate of drug-likeness (QED) is 0.345. The smallest absolute Gasteiger partial charge is 0.124 e. The highest BCUT2D eigenvalue weighted by atomic mass is 16.3. The van der Waals surface area contributed by atoms with E-state index in [9.17, 15) is 15.3 Å². The number of aromatic nitrogens is 1. The fourth-order valence-corrected chi connectivity index (χ4v) is 3.45. The first-order chi connectivity index (χ1) is 16.1. The highest BCUT2D eigenvalue weighted by Gasteiger charge is 2.27. The number of nitrogens with zero attached hydrogens (tertiary/aromatic N) is 3. The van der Waals surface area contributed by atoms with Gasteiger partial charge < -0.3 is 15.3 Å². The van der Waals surface area contributed by atoms with E-state index in [1.54, 1.807) is 73.2 Å². The minimum atomic E-state index is -0.650. The lowest BCUT2D eigenvalue weighted by molar-refractivity contribution is 0.451. The van der Waals surface area contributed by atoms with Crippen LogP contribution in [0.1, 0.15) is 34.5 Å². The first-order valence-electron chi connectivity index (χ1n) is 10.4. The van der Waals surface area contributed by atoms with Gasteiger partial charge in [0.15, 0.2) is 0 Å². The standard InChI is InChI=1S/C27H23N3O3/c31-23-13-4-1-9-19(23)17-29-26(21-11-3-6-15-25(21)33)27(22-12-7-8-16-28-22)30-18-20-10-2-5-14-24(20)32/h1-18,26-27,31-33H. The van der Waals surface area contributed by atoms with Gasteiger partial charge in [-0.05, 0) is 42.5 Å². The Bertz CT molecular complexity index is 1270. The summed E-state index contributed by atoms with van der Waals surface area (Å²) in [6.07, 6.45) is 4.82. The predicted molar refractivity (Wildman–Crippen MR) is 129 cm³/mol. The van der Waals surface area contributed by atoms with Crippen LogP contribution in [0.25, 0.3) is 0 Å². The molecular weight excluding hydrogens is 414 g/mol. The third-order valence-corrected chi connectivity index (χ3v) is 5.17. The van der Waals surface area contributed by atoms with E-state index in [1.807, 2.05) is 36.4 Å². The Morgan fingerprint density at radius 2 is 1.09 bits per heavy atom. The highest BCUT2D eigenvalue weighted by Crippen LogP contribution is 2.38. The zero-order valence-electron chi connectivity index (χ0n) is 17.7. The van der Waals surface area contributed by atoms with Gasteiger partial charge in [-0.2, -0.15) is 0 Å². The van der Waals surface area contributed by atoms with Gasteiger partial charge in [-0.15, -0.1) is 0 Å². The first kappa shape index (κ1) is 21.8. The van der Waals surface area contributed by atoms with Crippen molar-refractivity contribution in [3.63, 3.8) is 0 Å². The second-order valence-electron chi connectivity index (χ2n) is 7.38. The SMILES string of the molecule is Oc1ccccc1C=NC(c1ccccn1)C(N=Cc1ccccc1O)c1ccccc1O. The summed E-state index contributed by atoms with van der Waals surface area (Å²) in [6.45, 7) is 0. The van der Waals surface area contributed by atoms with Crippen LogP contribution >= 0.6 is 0 Å². The maximum absolute atomic E-state index is 10.6. The number of hydrogen-bond acceptors (Lipinski definition) is 6. The molecule has 33 heavy (non-hydrogen) atoms. The lowest BCUT2D eigenvalue weighted by Gasteiger charge is -2.22. The lowest BCUT2D eigenvalue weighted by atomic mass is 9.96. The summed E-state index contributed by atoms with van der Waals surface area (Å²) in [5.41, 5.74) is 2.31. The summed E-state index contributed by atoms with van der Waals surface area (Å²) < 4.78 is 0. The number of hydrogen-bond donors (Lipinski definition) is 3. The number of pyridine rings is 1. The summed E-state index contributed by atoms with van der Waals surface area (Å²) >= 11 is 0. The molecule has 2 unspecified atom stereocenters. The molecule has 3 aromatic carbocycles. The third kappa shape index (κ3) is 5.25. The van der Waals surface area contributed by atoms with Crippen LogP contribution in [0.15, 0.2) is 107 Å². The van der Waals surface area contributed by atoms with Crippen LogP contribution in [0.3, 0.4) is 0 Å². The summed E-state index contributed by atoms with van der Waals surface area (Å²) in [5, 5.41) is 31.0. The molecule has 4 aromatic rings. The third-order valence-electron chi connectivity index (χ3n) is 5.17. The van der Waals surface area contributed by atoms with Gasteiger partial charge in [-0.3, -0.25) is 15.0 Å². The second kappa shape index (κ2) is 10.2. The van der Waals surface area contributed by atoms with Crippen LogP contribution < -0.4 is 0 Å². The molecule has 0 fully saturated rings.